The molecule has 1 N–H and O–H groups in total. The summed E-state index contributed by atoms with van der Waals surface area (Å²) in [5.41, 5.74) is 7.30. The maximum Gasteiger partial charge on any atom is 0.174 e. The van der Waals surface area contributed by atoms with Crippen LogP contribution in [0.5, 0.6) is 0 Å². The van der Waals surface area contributed by atoms with Crippen LogP contribution in [0.15, 0.2) is 72.8 Å². The second-order valence-electron chi connectivity index (χ2n) is 7.03. The smallest absolute Gasteiger partial charge is 0.174 e. The average Bonchev–Trinajstić information content (AvgIpc) is 2.65. The van der Waals surface area contributed by atoms with Gasteiger partial charge in [-0.05, 0) is 55.2 Å². The minimum Gasteiger partial charge on any atom is -0.340 e. The van der Waals surface area contributed by atoms with E-state index in [4.69, 9.17) is 12.2 Å². The monoisotopic (exact) mass is 374 g/mol. The van der Waals surface area contributed by atoms with Gasteiger partial charge in [0.25, 0.3) is 0 Å². The van der Waals surface area contributed by atoms with Gasteiger partial charge < -0.3 is 10.2 Å². The van der Waals surface area contributed by atoms with Crippen LogP contribution in [0.25, 0.3) is 0 Å². The van der Waals surface area contributed by atoms with E-state index in [1.165, 1.54) is 27.8 Å². The minimum absolute atomic E-state index is 0.748. The first-order valence-corrected chi connectivity index (χ1v) is 9.65. The highest BCUT2D eigenvalue weighted by Crippen LogP contribution is 2.23. The Labute approximate surface area is 167 Å². The molecule has 0 saturated heterocycles. The molecule has 0 fully saturated rings. The van der Waals surface area contributed by atoms with Gasteiger partial charge in [0.1, 0.15) is 0 Å². The van der Waals surface area contributed by atoms with Gasteiger partial charge in [-0.3, -0.25) is 0 Å². The molecular weight excluding hydrogens is 348 g/mol. The highest BCUT2D eigenvalue weighted by atomic mass is 32.1. The van der Waals surface area contributed by atoms with Crippen molar-refractivity contribution in [1.82, 2.24) is 4.90 Å². The molecular formula is C24H26N2S. The molecule has 0 spiro atoms. The molecule has 0 heterocycles. The van der Waals surface area contributed by atoms with Crippen molar-refractivity contribution in [3.63, 3.8) is 0 Å². The fourth-order valence-corrected chi connectivity index (χ4v) is 3.60. The van der Waals surface area contributed by atoms with Gasteiger partial charge in [0.2, 0.25) is 0 Å². The summed E-state index contributed by atoms with van der Waals surface area (Å²) in [4.78, 5) is 2.22. The van der Waals surface area contributed by atoms with E-state index in [0.29, 0.717) is 0 Å². The van der Waals surface area contributed by atoms with Gasteiger partial charge in [0, 0.05) is 18.8 Å². The van der Waals surface area contributed by atoms with Gasteiger partial charge >= 0.3 is 0 Å². The van der Waals surface area contributed by atoms with Crippen LogP contribution in [0.4, 0.5) is 5.69 Å². The maximum absolute atomic E-state index is 5.82. The number of aryl methyl sites for hydroxylation is 3. The average molecular weight is 375 g/mol. The van der Waals surface area contributed by atoms with Crippen molar-refractivity contribution in [2.24, 2.45) is 0 Å². The third-order valence-corrected chi connectivity index (χ3v) is 4.99. The quantitative estimate of drug-likeness (QED) is 0.551. The first kappa shape index (κ1) is 19.1. The van der Waals surface area contributed by atoms with Gasteiger partial charge in [-0.25, -0.2) is 0 Å². The molecule has 2 nitrogen and oxygen atoms in total. The lowest BCUT2D eigenvalue weighted by atomic mass is 10.1. The van der Waals surface area contributed by atoms with E-state index < -0.39 is 0 Å². The molecule has 0 aliphatic heterocycles. The fraction of sp³-hybridized carbons (Fsp3) is 0.208. The Morgan fingerprint density at radius 1 is 0.778 bits per heavy atom. The highest BCUT2D eigenvalue weighted by Gasteiger charge is 2.14. The molecule has 3 rings (SSSR count). The normalized spacial score (nSPS) is 10.5. The predicted octanol–water partition coefficient (Wildman–Crippen LogP) is 6.01. The lowest BCUT2D eigenvalue weighted by Gasteiger charge is -2.27. The number of nitrogens with one attached hydrogen (secondary N) is 1. The third-order valence-electron chi connectivity index (χ3n) is 4.63. The summed E-state index contributed by atoms with van der Waals surface area (Å²) in [7, 11) is 0. The van der Waals surface area contributed by atoms with Gasteiger partial charge in [0.15, 0.2) is 5.11 Å². The van der Waals surface area contributed by atoms with Crippen molar-refractivity contribution in [2.75, 3.05) is 5.32 Å². The van der Waals surface area contributed by atoms with E-state index in [9.17, 15) is 0 Å². The molecule has 0 aliphatic carbocycles. The molecule has 0 bridgehead atoms. The Morgan fingerprint density at radius 2 is 1.22 bits per heavy atom. The predicted molar refractivity (Wildman–Crippen MR) is 119 cm³/mol. The molecule has 0 radical (unpaired) electrons. The summed E-state index contributed by atoms with van der Waals surface area (Å²) < 4.78 is 0. The van der Waals surface area contributed by atoms with Crippen molar-refractivity contribution in [3.8, 4) is 0 Å². The van der Waals surface area contributed by atoms with Crippen molar-refractivity contribution in [1.29, 1.82) is 0 Å². The summed E-state index contributed by atoms with van der Waals surface area (Å²) in [5, 5.41) is 4.25. The SMILES string of the molecule is Cc1cc(C)c(NC(=S)N(Cc2ccccc2)Cc2ccccc2)c(C)c1. The van der Waals surface area contributed by atoms with E-state index in [2.05, 4.69) is 91.7 Å². The molecule has 3 aromatic carbocycles. The maximum atomic E-state index is 5.82. The molecule has 3 heteroatoms. The van der Waals surface area contributed by atoms with Crippen molar-refractivity contribution in [3.05, 3.63) is 101 Å². The summed E-state index contributed by atoms with van der Waals surface area (Å²) in [5.74, 6) is 0. The van der Waals surface area contributed by atoms with Crippen LogP contribution in [0, 0.1) is 20.8 Å². The van der Waals surface area contributed by atoms with Crippen LogP contribution in [0.2, 0.25) is 0 Å². The Bertz CT molecular complexity index is 840. The fourth-order valence-electron chi connectivity index (χ4n) is 3.37. The molecule has 138 valence electrons. The van der Waals surface area contributed by atoms with Gasteiger partial charge in [-0.2, -0.15) is 0 Å². The third kappa shape index (κ3) is 5.18. The number of hydrogen-bond donors (Lipinski definition) is 1. The van der Waals surface area contributed by atoms with Crippen LogP contribution in [-0.2, 0) is 13.1 Å². The number of hydrogen-bond acceptors (Lipinski definition) is 1. The van der Waals surface area contributed by atoms with Crippen molar-refractivity contribution < 1.29 is 0 Å². The highest BCUT2D eigenvalue weighted by molar-refractivity contribution is 7.80. The van der Waals surface area contributed by atoms with E-state index in [1.807, 2.05) is 12.1 Å². The second kappa shape index (κ2) is 8.83. The molecule has 0 unspecified atom stereocenters. The van der Waals surface area contributed by atoms with Crippen LogP contribution in [-0.4, -0.2) is 10.0 Å². The second-order valence-corrected chi connectivity index (χ2v) is 7.42. The molecule has 0 atom stereocenters. The topological polar surface area (TPSA) is 15.3 Å². The number of anilines is 1. The van der Waals surface area contributed by atoms with E-state index in [0.717, 1.165) is 23.9 Å². The Hall–Kier alpha value is -2.65. The lowest BCUT2D eigenvalue weighted by molar-refractivity contribution is 0.413. The van der Waals surface area contributed by atoms with Crippen LogP contribution in [0.1, 0.15) is 27.8 Å². The van der Waals surface area contributed by atoms with Gasteiger partial charge in [0.05, 0.1) is 0 Å². The largest absolute Gasteiger partial charge is 0.340 e. The van der Waals surface area contributed by atoms with Crippen molar-refractivity contribution >= 4 is 23.0 Å². The molecule has 3 aromatic rings. The number of thiocarbonyl (C=S) groups is 1. The van der Waals surface area contributed by atoms with Crippen molar-refractivity contribution in [2.45, 2.75) is 33.9 Å². The Balaban J connectivity index is 1.84. The summed E-state index contributed by atoms with van der Waals surface area (Å²) in [6.45, 7) is 7.92. The Kier molecular flexibility index (Phi) is 6.25. The zero-order valence-corrected chi connectivity index (χ0v) is 17.0. The van der Waals surface area contributed by atoms with Crippen LogP contribution in [0.3, 0.4) is 0 Å². The number of rotatable bonds is 5. The molecule has 0 amide bonds. The summed E-state index contributed by atoms with van der Waals surface area (Å²) in [6.07, 6.45) is 0. The summed E-state index contributed by atoms with van der Waals surface area (Å²) >= 11 is 5.82. The number of benzene rings is 3. The zero-order chi connectivity index (χ0) is 19.2. The van der Waals surface area contributed by atoms with Crippen LogP contribution >= 0.6 is 12.2 Å². The molecule has 27 heavy (non-hydrogen) atoms. The Morgan fingerprint density at radius 3 is 1.67 bits per heavy atom. The van der Waals surface area contributed by atoms with Gasteiger partial charge in [-0.15, -0.1) is 0 Å². The zero-order valence-electron chi connectivity index (χ0n) is 16.2. The molecule has 0 saturated carbocycles. The minimum atomic E-state index is 0.748. The van der Waals surface area contributed by atoms with E-state index in [-0.39, 0.29) is 0 Å². The first-order valence-electron chi connectivity index (χ1n) is 9.24. The first-order chi connectivity index (χ1) is 13.0. The van der Waals surface area contributed by atoms with E-state index in [1.54, 1.807) is 0 Å². The molecule has 0 aliphatic rings. The standard InChI is InChI=1S/C24H26N2S/c1-18-14-19(2)23(20(3)15-18)25-24(27)26(16-21-10-6-4-7-11-21)17-22-12-8-5-9-13-22/h4-15H,16-17H2,1-3H3,(H,25,27). The van der Waals surface area contributed by atoms with Gasteiger partial charge in [-0.1, -0.05) is 78.4 Å². The lowest BCUT2D eigenvalue weighted by Crippen LogP contribution is -2.34. The van der Waals surface area contributed by atoms with E-state index >= 15 is 0 Å². The molecule has 0 aromatic heterocycles. The van der Waals surface area contributed by atoms with Crippen LogP contribution < -0.4 is 5.32 Å². The number of nitrogens with zero attached hydrogens (tertiary/aromatic N) is 1. The summed E-state index contributed by atoms with van der Waals surface area (Å²) in [6, 6.07) is 25.3.